The van der Waals surface area contributed by atoms with E-state index in [9.17, 15) is 0 Å². The van der Waals surface area contributed by atoms with E-state index in [0.29, 0.717) is 6.61 Å². The van der Waals surface area contributed by atoms with Crippen LogP contribution >= 0.6 is 0 Å². The third-order valence-corrected chi connectivity index (χ3v) is 2.91. The van der Waals surface area contributed by atoms with Crippen LogP contribution in [0.15, 0.2) is 0 Å². The van der Waals surface area contributed by atoms with Crippen LogP contribution in [0.25, 0.3) is 0 Å². The van der Waals surface area contributed by atoms with Gasteiger partial charge in [0.05, 0.1) is 13.2 Å². The van der Waals surface area contributed by atoms with Crippen molar-refractivity contribution >= 4 is 0 Å². The van der Waals surface area contributed by atoms with Crippen molar-refractivity contribution in [3.8, 4) is 0 Å². The van der Waals surface area contributed by atoms with Gasteiger partial charge in [0.2, 0.25) is 0 Å². The Morgan fingerprint density at radius 2 is 1.80 bits per heavy atom. The van der Waals surface area contributed by atoms with Crippen molar-refractivity contribution in [3.05, 3.63) is 0 Å². The topological polar surface area (TPSA) is 29.5 Å². The van der Waals surface area contributed by atoms with E-state index in [1.54, 1.807) is 0 Å². The summed E-state index contributed by atoms with van der Waals surface area (Å²) >= 11 is 0. The Labute approximate surface area is 95.0 Å². The highest BCUT2D eigenvalue weighted by atomic mass is 16.5. The second-order valence-corrected chi connectivity index (χ2v) is 4.25. The van der Waals surface area contributed by atoms with E-state index >= 15 is 0 Å². The maximum absolute atomic E-state index is 8.51. The predicted molar refractivity (Wildman–Crippen MR) is 65.1 cm³/mol. The maximum Gasteiger partial charge on any atom is 0.0697 e. The number of hydrogen-bond acceptors (Lipinski definition) is 2. The molecule has 0 saturated carbocycles. The minimum absolute atomic E-state index is 0.147. The van der Waals surface area contributed by atoms with E-state index in [-0.39, 0.29) is 6.61 Å². The van der Waals surface area contributed by atoms with Gasteiger partial charge in [-0.2, -0.15) is 0 Å². The lowest BCUT2D eigenvalue weighted by Crippen LogP contribution is -2.01. The average Bonchev–Trinajstić information content (AvgIpc) is 2.26. The van der Waals surface area contributed by atoms with Crippen molar-refractivity contribution in [2.75, 3.05) is 19.8 Å². The molecular weight excluding hydrogens is 188 g/mol. The van der Waals surface area contributed by atoms with Gasteiger partial charge in [-0.3, -0.25) is 0 Å². The van der Waals surface area contributed by atoms with Gasteiger partial charge in [0.25, 0.3) is 0 Å². The summed E-state index contributed by atoms with van der Waals surface area (Å²) in [5, 5.41) is 8.51. The van der Waals surface area contributed by atoms with Crippen molar-refractivity contribution in [1.29, 1.82) is 0 Å². The second kappa shape index (κ2) is 12.0. The molecule has 2 nitrogen and oxygen atoms in total. The molecule has 15 heavy (non-hydrogen) atoms. The molecule has 0 spiro atoms. The van der Waals surface area contributed by atoms with Gasteiger partial charge in [-0.15, -0.1) is 0 Å². The van der Waals surface area contributed by atoms with Crippen molar-refractivity contribution in [2.45, 2.75) is 58.8 Å². The number of hydrogen-bond donors (Lipinski definition) is 1. The summed E-state index contributed by atoms with van der Waals surface area (Å²) in [7, 11) is 0. The molecular formula is C13H28O2. The van der Waals surface area contributed by atoms with E-state index in [1.165, 1.54) is 38.5 Å². The molecule has 0 amide bonds. The third kappa shape index (κ3) is 10.2. The lowest BCUT2D eigenvalue weighted by Gasteiger charge is -2.12. The van der Waals surface area contributed by atoms with E-state index in [2.05, 4.69) is 13.8 Å². The predicted octanol–water partition coefficient (Wildman–Crippen LogP) is 3.38. The highest BCUT2D eigenvalue weighted by Gasteiger charge is 2.03. The molecule has 0 saturated heterocycles. The zero-order valence-electron chi connectivity index (χ0n) is 10.5. The summed E-state index contributed by atoms with van der Waals surface area (Å²) < 4.78 is 5.21. The highest BCUT2D eigenvalue weighted by Crippen LogP contribution is 2.18. The first kappa shape index (κ1) is 14.9. The van der Waals surface area contributed by atoms with Gasteiger partial charge < -0.3 is 9.84 Å². The number of aliphatic hydroxyl groups excluding tert-OH is 1. The summed E-state index contributed by atoms with van der Waals surface area (Å²) in [6.07, 6.45) is 9.16. The Balaban J connectivity index is 3.14. The molecule has 0 aliphatic carbocycles. The molecule has 1 unspecified atom stereocenters. The molecule has 0 bridgehead atoms. The van der Waals surface area contributed by atoms with Crippen LogP contribution < -0.4 is 0 Å². The minimum Gasteiger partial charge on any atom is -0.394 e. The number of rotatable bonds is 11. The summed E-state index contributed by atoms with van der Waals surface area (Å²) in [6.45, 7) is 6.02. The number of aliphatic hydroxyl groups is 1. The van der Waals surface area contributed by atoms with Crippen LogP contribution in [0.2, 0.25) is 0 Å². The van der Waals surface area contributed by atoms with Crippen LogP contribution in [0, 0.1) is 5.92 Å². The van der Waals surface area contributed by atoms with E-state index in [1.807, 2.05) is 0 Å². The van der Waals surface area contributed by atoms with E-state index in [0.717, 1.165) is 18.9 Å². The van der Waals surface area contributed by atoms with E-state index in [4.69, 9.17) is 9.84 Å². The molecule has 0 radical (unpaired) electrons. The van der Waals surface area contributed by atoms with Crippen LogP contribution in [-0.4, -0.2) is 24.9 Å². The molecule has 0 heterocycles. The standard InChI is InChI=1S/C13H28O2/c1-3-8-13(4-2)9-6-5-7-11-15-12-10-14/h13-14H,3-12H2,1-2H3. The molecule has 0 fully saturated rings. The molecule has 0 aromatic heterocycles. The van der Waals surface area contributed by atoms with Gasteiger partial charge >= 0.3 is 0 Å². The second-order valence-electron chi connectivity index (χ2n) is 4.25. The van der Waals surface area contributed by atoms with Crippen LogP contribution in [0.3, 0.4) is 0 Å². The molecule has 0 aromatic rings. The molecule has 0 aliphatic rings. The van der Waals surface area contributed by atoms with Crippen LogP contribution in [0.1, 0.15) is 58.8 Å². The highest BCUT2D eigenvalue weighted by molar-refractivity contribution is 4.56. The fraction of sp³-hybridized carbons (Fsp3) is 1.00. The largest absolute Gasteiger partial charge is 0.394 e. The van der Waals surface area contributed by atoms with Crippen LogP contribution in [0.4, 0.5) is 0 Å². The van der Waals surface area contributed by atoms with Gasteiger partial charge in [-0.1, -0.05) is 52.4 Å². The molecule has 0 rings (SSSR count). The molecule has 92 valence electrons. The van der Waals surface area contributed by atoms with Crippen molar-refractivity contribution < 1.29 is 9.84 Å². The Morgan fingerprint density at radius 1 is 1.00 bits per heavy atom. The van der Waals surface area contributed by atoms with Gasteiger partial charge in [-0.05, 0) is 12.3 Å². The first-order valence-electron chi connectivity index (χ1n) is 6.53. The number of unbranched alkanes of at least 4 members (excludes halogenated alkanes) is 2. The Bertz CT molecular complexity index is 115. The number of ether oxygens (including phenoxy) is 1. The first-order chi connectivity index (χ1) is 7.35. The third-order valence-electron chi connectivity index (χ3n) is 2.91. The zero-order chi connectivity index (χ0) is 11.4. The van der Waals surface area contributed by atoms with Gasteiger partial charge in [0.15, 0.2) is 0 Å². The van der Waals surface area contributed by atoms with Crippen molar-refractivity contribution in [2.24, 2.45) is 5.92 Å². The molecule has 0 aliphatic heterocycles. The summed E-state index contributed by atoms with van der Waals surface area (Å²) in [5.41, 5.74) is 0. The maximum atomic E-state index is 8.51. The molecule has 2 heteroatoms. The lowest BCUT2D eigenvalue weighted by molar-refractivity contribution is 0.0893. The first-order valence-corrected chi connectivity index (χ1v) is 6.53. The lowest BCUT2D eigenvalue weighted by atomic mass is 9.94. The zero-order valence-corrected chi connectivity index (χ0v) is 10.5. The monoisotopic (exact) mass is 216 g/mol. The summed E-state index contributed by atoms with van der Waals surface area (Å²) in [5.74, 6) is 0.938. The van der Waals surface area contributed by atoms with E-state index < -0.39 is 0 Å². The minimum atomic E-state index is 0.147. The van der Waals surface area contributed by atoms with Gasteiger partial charge in [0, 0.05) is 6.61 Å². The van der Waals surface area contributed by atoms with Crippen LogP contribution in [0.5, 0.6) is 0 Å². The van der Waals surface area contributed by atoms with Crippen LogP contribution in [-0.2, 0) is 4.74 Å². The molecule has 1 atom stereocenters. The molecule has 0 aromatic carbocycles. The fourth-order valence-corrected chi connectivity index (χ4v) is 1.94. The average molecular weight is 216 g/mol. The smallest absolute Gasteiger partial charge is 0.0697 e. The Kier molecular flexibility index (Phi) is 11.9. The summed E-state index contributed by atoms with van der Waals surface area (Å²) in [4.78, 5) is 0. The SMILES string of the molecule is CCCC(CC)CCCCCOCCO. The Hall–Kier alpha value is -0.0800. The normalized spacial score (nSPS) is 13.0. The quantitative estimate of drug-likeness (QED) is 0.536. The Morgan fingerprint density at radius 3 is 2.40 bits per heavy atom. The summed E-state index contributed by atoms with van der Waals surface area (Å²) in [6, 6.07) is 0. The van der Waals surface area contributed by atoms with Crippen molar-refractivity contribution in [3.63, 3.8) is 0 Å². The molecule has 1 N–H and O–H groups in total. The van der Waals surface area contributed by atoms with Crippen molar-refractivity contribution in [1.82, 2.24) is 0 Å². The van der Waals surface area contributed by atoms with Gasteiger partial charge in [-0.25, -0.2) is 0 Å². The van der Waals surface area contributed by atoms with Gasteiger partial charge in [0.1, 0.15) is 0 Å². The fourth-order valence-electron chi connectivity index (χ4n) is 1.94.